The molecule has 3 atom stereocenters. The van der Waals surface area contributed by atoms with Crippen molar-refractivity contribution < 1.29 is 24.4 Å². The third-order valence-corrected chi connectivity index (χ3v) is 7.04. The van der Waals surface area contributed by atoms with Crippen LogP contribution in [0.3, 0.4) is 0 Å². The number of hydrogen-bond acceptors (Lipinski definition) is 7. The minimum atomic E-state index is -0.822. The van der Waals surface area contributed by atoms with E-state index in [-0.39, 0.29) is 12.4 Å². The van der Waals surface area contributed by atoms with Crippen LogP contribution in [0.1, 0.15) is 69.3 Å². The Balaban J connectivity index is 1.48. The highest BCUT2D eigenvalue weighted by molar-refractivity contribution is 5.27. The first-order valence-electron chi connectivity index (χ1n) is 14.6. The molecule has 0 radical (unpaired) electrons. The summed E-state index contributed by atoms with van der Waals surface area (Å²) in [7, 11) is 0. The summed E-state index contributed by atoms with van der Waals surface area (Å²) in [5.74, 6) is 1.10. The van der Waals surface area contributed by atoms with E-state index in [2.05, 4.69) is 24.0 Å². The largest absolute Gasteiger partial charge is 0.513 e. The van der Waals surface area contributed by atoms with Crippen LogP contribution in [0.5, 0.6) is 5.75 Å². The van der Waals surface area contributed by atoms with Crippen molar-refractivity contribution in [3.05, 3.63) is 77.6 Å². The van der Waals surface area contributed by atoms with Gasteiger partial charge < -0.3 is 30.2 Å². The lowest BCUT2D eigenvalue weighted by Gasteiger charge is -2.32. The van der Waals surface area contributed by atoms with E-state index in [9.17, 15) is 10.2 Å². The summed E-state index contributed by atoms with van der Waals surface area (Å²) in [5.41, 5.74) is 7.79. The summed E-state index contributed by atoms with van der Waals surface area (Å²) in [6, 6.07) is 18.0. The van der Waals surface area contributed by atoms with Gasteiger partial charge in [-0.2, -0.15) is 0 Å². The van der Waals surface area contributed by atoms with Crippen molar-refractivity contribution in [1.82, 2.24) is 4.90 Å². The van der Waals surface area contributed by atoms with E-state index in [1.807, 2.05) is 42.5 Å². The molecule has 39 heavy (non-hydrogen) atoms. The smallest absolute Gasteiger partial charge is 0.184 e. The van der Waals surface area contributed by atoms with Crippen molar-refractivity contribution in [2.45, 2.75) is 76.8 Å². The maximum atomic E-state index is 10.7. The van der Waals surface area contributed by atoms with Crippen LogP contribution < -0.4 is 10.5 Å². The van der Waals surface area contributed by atoms with Gasteiger partial charge in [-0.1, -0.05) is 68.7 Å². The second-order valence-corrected chi connectivity index (χ2v) is 10.3. The lowest BCUT2D eigenvalue weighted by atomic mass is 10.1. The molecule has 0 spiro atoms. The van der Waals surface area contributed by atoms with Gasteiger partial charge in [-0.25, -0.2) is 0 Å². The van der Waals surface area contributed by atoms with E-state index in [4.69, 9.17) is 19.9 Å². The summed E-state index contributed by atoms with van der Waals surface area (Å²) < 4.78 is 17.6. The van der Waals surface area contributed by atoms with Gasteiger partial charge in [0.2, 0.25) is 0 Å². The molecular formula is C32H48N2O5. The molecule has 2 aromatic carbocycles. The predicted octanol–water partition coefficient (Wildman–Crippen LogP) is 5.54. The molecule has 0 bridgehead atoms. The van der Waals surface area contributed by atoms with Gasteiger partial charge >= 0.3 is 0 Å². The maximum absolute atomic E-state index is 10.7. The van der Waals surface area contributed by atoms with Crippen LogP contribution in [0.4, 0.5) is 0 Å². The zero-order valence-corrected chi connectivity index (χ0v) is 23.5. The summed E-state index contributed by atoms with van der Waals surface area (Å²) in [4.78, 5) is 2.34. The molecular weight excluding hydrogens is 492 g/mol. The first-order valence-corrected chi connectivity index (χ1v) is 14.6. The average molecular weight is 541 g/mol. The topological polar surface area (TPSA) is 97.4 Å². The third kappa shape index (κ3) is 11.7. The van der Waals surface area contributed by atoms with Crippen molar-refractivity contribution in [3.8, 4) is 5.75 Å². The van der Waals surface area contributed by atoms with Crippen molar-refractivity contribution >= 4 is 0 Å². The Hall–Kier alpha value is -2.42. The van der Waals surface area contributed by atoms with Crippen LogP contribution in [0.25, 0.3) is 0 Å². The number of hydrogen-bond donors (Lipinski definition) is 3. The molecule has 2 aromatic rings. The fourth-order valence-corrected chi connectivity index (χ4v) is 4.65. The van der Waals surface area contributed by atoms with E-state index in [0.717, 1.165) is 56.6 Å². The van der Waals surface area contributed by atoms with Gasteiger partial charge in [0, 0.05) is 25.1 Å². The Morgan fingerprint density at radius 3 is 2.54 bits per heavy atom. The summed E-state index contributed by atoms with van der Waals surface area (Å²) in [6.45, 7) is 6.15. The Morgan fingerprint density at radius 1 is 1.00 bits per heavy atom. The molecule has 1 unspecified atom stereocenters. The molecule has 1 heterocycles. The number of aliphatic hydroxyl groups excluding tert-OH is 2. The maximum Gasteiger partial charge on any atom is 0.184 e. The number of nitrogens with zero attached hydrogens (tertiary/aromatic N) is 1. The third-order valence-electron chi connectivity index (χ3n) is 7.04. The molecule has 1 saturated heterocycles. The summed E-state index contributed by atoms with van der Waals surface area (Å²) in [5, 5.41) is 21.1. The molecule has 0 amide bonds. The van der Waals surface area contributed by atoms with Crippen molar-refractivity contribution in [2.24, 2.45) is 5.73 Å². The van der Waals surface area contributed by atoms with Gasteiger partial charge in [-0.05, 0) is 62.5 Å². The number of unbranched alkanes of at least 4 members (excludes halogenated alkanes) is 4. The van der Waals surface area contributed by atoms with E-state index in [1.54, 1.807) is 6.08 Å². The number of nitrogens with two attached hydrogens (primary N) is 1. The van der Waals surface area contributed by atoms with Gasteiger partial charge in [0.15, 0.2) is 6.29 Å². The van der Waals surface area contributed by atoms with Crippen LogP contribution in [0.2, 0.25) is 0 Å². The van der Waals surface area contributed by atoms with Gasteiger partial charge in [0.1, 0.15) is 24.6 Å². The molecule has 7 nitrogen and oxygen atoms in total. The van der Waals surface area contributed by atoms with E-state index >= 15 is 0 Å². The molecule has 0 aliphatic carbocycles. The van der Waals surface area contributed by atoms with E-state index in [0.29, 0.717) is 19.6 Å². The van der Waals surface area contributed by atoms with Crippen molar-refractivity contribution in [3.63, 3.8) is 0 Å². The zero-order valence-electron chi connectivity index (χ0n) is 23.5. The normalized spacial score (nSPS) is 19.9. The van der Waals surface area contributed by atoms with Crippen LogP contribution in [-0.4, -0.2) is 66.7 Å². The number of rotatable bonds is 18. The summed E-state index contributed by atoms with van der Waals surface area (Å²) in [6.07, 6.45) is 8.06. The highest BCUT2D eigenvalue weighted by Crippen LogP contribution is 2.27. The SMILES string of the molecule is CCCCCCN(CCOc1ccc(CCCCN)cc1)CCC(O)=C[C@@H]1OC(c2ccccc2)OC[C@H]1O. The molecule has 7 heteroatoms. The monoisotopic (exact) mass is 540 g/mol. The lowest BCUT2D eigenvalue weighted by Crippen LogP contribution is -2.39. The van der Waals surface area contributed by atoms with Gasteiger partial charge in [0.25, 0.3) is 0 Å². The van der Waals surface area contributed by atoms with Crippen molar-refractivity contribution in [2.75, 3.05) is 39.4 Å². The quantitative estimate of drug-likeness (QED) is 0.169. The Bertz CT molecular complexity index is 937. The second-order valence-electron chi connectivity index (χ2n) is 10.3. The molecule has 1 aliphatic heterocycles. The molecule has 1 aliphatic rings. The molecule has 216 valence electrons. The molecule has 4 N–H and O–H groups in total. The Kier molecular flexibility index (Phi) is 14.4. The van der Waals surface area contributed by atoms with Gasteiger partial charge in [-0.3, -0.25) is 4.90 Å². The summed E-state index contributed by atoms with van der Waals surface area (Å²) >= 11 is 0. The van der Waals surface area contributed by atoms with E-state index < -0.39 is 18.5 Å². The first-order chi connectivity index (χ1) is 19.1. The van der Waals surface area contributed by atoms with Gasteiger partial charge in [-0.15, -0.1) is 0 Å². The predicted molar refractivity (Wildman–Crippen MR) is 156 cm³/mol. The minimum absolute atomic E-state index is 0.156. The highest BCUT2D eigenvalue weighted by Gasteiger charge is 2.30. The zero-order chi connectivity index (χ0) is 27.7. The van der Waals surface area contributed by atoms with Crippen LogP contribution in [-0.2, 0) is 15.9 Å². The van der Waals surface area contributed by atoms with Crippen LogP contribution in [0.15, 0.2) is 66.4 Å². The highest BCUT2D eigenvalue weighted by atomic mass is 16.7. The minimum Gasteiger partial charge on any atom is -0.513 e. The van der Waals surface area contributed by atoms with E-state index in [1.165, 1.54) is 24.8 Å². The fourth-order valence-electron chi connectivity index (χ4n) is 4.65. The fraction of sp³-hybridized carbons (Fsp3) is 0.562. The van der Waals surface area contributed by atoms with Crippen LogP contribution >= 0.6 is 0 Å². The number of benzene rings is 2. The number of aliphatic hydroxyl groups is 2. The Morgan fingerprint density at radius 2 is 1.79 bits per heavy atom. The Labute approximate surface area is 234 Å². The molecule has 1 fully saturated rings. The first kappa shape index (κ1) is 31.1. The second kappa shape index (κ2) is 18.0. The van der Waals surface area contributed by atoms with Gasteiger partial charge in [0.05, 0.1) is 12.4 Å². The standard InChI is InChI=1S/C32H48N2O5/c1-2-3-4-10-20-34(22-23-37-29-16-14-26(15-17-29)11-8-9-19-33)21-18-28(35)24-31-30(36)25-38-32(39-31)27-12-6-5-7-13-27/h5-7,12-17,24,30-32,35-36H,2-4,8-11,18-23,25,33H2,1H3/t30-,31+,32?/m1/s1. The molecule has 0 saturated carbocycles. The average Bonchev–Trinajstić information content (AvgIpc) is 2.96. The molecule has 3 rings (SSSR count). The van der Waals surface area contributed by atoms with Crippen LogP contribution in [0, 0.1) is 0 Å². The molecule has 0 aromatic heterocycles. The number of aryl methyl sites for hydroxylation is 1. The van der Waals surface area contributed by atoms with Crippen molar-refractivity contribution in [1.29, 1.82) is 0 Å². The lowest BCUT2D eigenvalue weighted by molar-refractivity contribution is -0.244. The number of ether oxygens (including phenoxy) is 3.